The number of nitrogens with zero attached hydrogens (tertiary/aromatic N) is 2. The van der Waals surface area contributed by atoms with E-state index < -0.39 is 0 Å². The fraction of sp³-hybridized carbons (Fsp3) is 0.0588. The quantitative estimate of drug-likeness (QED) is 0.714. The van der Waals surface area contributed by atoms with Crippen LogP contribution in [0.2, 0.25) is 0 Å². The van der Waals surface area contributed by atoms with Crippen LogP contribution in [-0.2, 0) is 0 Å². The van der Waals surface area contributed by atoms with Gasteiger partial charge in [0.15, 0.2) is 0 Å². The molecule has 0 saturated carbocycles. The van der Waals surface area contributed by atoms with Crippen LogP contribution >= 0.6 is 0 Å². The Kier molecular flexibility index (Phi) is 3.47. The smallest absolute Gasteiger partial charge is 0.143 e. The van der Waals surface area contributed by atoms with Crippen molar-refractivity contribution in [2.75, 3.05) is 5.84 Å². The van der Waals surface area contributed by atoms with Crippen LogP contribution in [0, 0.1) is 18.2 Å². The molecule has 2 aromatic heterocycles. The molecule has 0 unspecified atom stereocenters. The number of nitrogens with one attached hydrogen (secondary N) is 1. The lowest BCUT2D eigenvalue weighted by Gasteiger charge is -2.11. The minimum atomic E-state index is -0.236. The second-order valence-electron chi connectivity index (χ2n) is 5.07. The number of halogens is 1. The average Bonchev–Trinajstić information content (AvgIpc) is 2.53. The van der Waals surface area contributed by atoms with Crippen LogP contribution in [0.1, 0.15) is 5.56 Å². The highest BCUT2D eigenvalue weighted by Crippen LogP contribution is 2.30. The van der Waals surface area contributed by atoms with Gasteiger partial charge in [0.05, 0.1) is 5.69 Å². The van der Waals surface area contributed by atoms with Gasteiger partial charge in [0, 0.05) is 29.1 Å². The van der Waals surface area contributed by atoms with Gasteiger partial charge in [0.25, 0.3) is 0 Å². The molecule has 0 aliphatic carbocycles. The van der Waals surface area contributed by atoms with Crippen LogP contribution < -0.4 is 11.3 Å². The Hall–Kier alpha value is -2.95. The molecule has 3 rings (SSSR count). The van der Waals surface area contributed by atoms with E-state index in [0.29, 0.717) is 5.56 Å². The third-order valence-corrected chi connectivity index (χ3v) is 3.53. The summed E-state index contributed by atoms with van der Waals surface area (Å²) in [7, 11) is 0. The molecule has 3 aromatic rings. The van der Waals surface area contributed by atoms with E-state index in [2.05, 4.69) is 4.98 Å². The molecule has 0 aliphatic rings. The Morgan fingerprint density at radius 3 is 2.64 bits per heavy atom. The lowest BCUT2D eigenvalue weighted by Crippen LogP contribution is -2.25. The first-order valence-electron chi connectivity index (χ1n) is 6.80. The van der Waals surface area contributed by atoms with Crippen molar-refractivity contribution in [3.63, 3.8) is 0 Å². The molecule has 0 amide bonds. The zero-order valence-electron chi connectivity index (χ0n) is 12.0. The monoisotopic (exact) mass is 294 g/mol. The fourth-order valence-corrected chi connectivity index (χ4v) is 2.34. The molecule has 0 spiro atoms. The van der Waals surface area contributed by atoms with Gasteiger partial charge in [-0.05, 0) is 48.9 Å². The second kappa shape index (κ2) is 5.44. The summed E-state index contributed by atoms with van der Waals surface area (Å²) in [4.78, 5) is 4.43. The van der Waals surface area contributed by atoms with E-state index in [1.807, 2.05) is 18.2 Å². The number of benzene rings is 1. The largest absolute Gasteiger partial charge is 0.338 e. The topological polar surface area (TPSA) is 67.7 Å². The van der Waals surface area contributed by atoms with Gasteiger partial charge < -0.3 is 5.84 Å². The highest BCUT2D eigenvalue weighted by Gasteiger charge is 2.10. The molecule has 0 atom stereocenters. The number of nitrogen functional groups attached to an aromatic ring is 1. The number of pyridine rings is 2. The number of hydrogen-bond donors (Lipinski definition) is 2. The summed E-state index contributed by atoms with van der Waals surface area (Å²) in [6, 6.07) is 12.1. The molecule has 0 radical (unpaired) electrons. The highest BCUT2D eigenvalue weighted by molar-refractivity contribution is 5.80. The number of rotatable bonds is 2. The summed E-state index contributed by atoms with van der Waals surface area (Å²) >= 11 is 0. The van der Waals surface area contributed by atoms with Gasteiger partial charge in [0.1, 0.15) is 11.3 Å². The minimum Gasteiger partial charge on any atom is -0.338 e. The fourth-order valence-electron chi connectivity index (χ4n) is 2.34. The van der Waals surface area contributed by atoms with Crippen molar-refractivity contribution in [1.29, 1.82) is 5.41 Å². The number of aromatic nitrogens is 2. The molecule has 0 aliphatic heterocycles. The van der Waals surface area contributed by atoms with Crippen molar-refractivity contribution in [1.82, 2.24) is 9.66 Å². The molecule has 22 heavy (non-hydrogen) atoms. The van der Waals surface area contributed by atoms with Gasteiger partial charge in [0.2, 0.25) is 0 Å². The van der Waals surface area contributed by atoms with Gasteiger partial charge in [-0.15, -0.1) is 0 Å². The van der Waals surface area contributed by atoms with Crippen molar-refractivity contribution >= 4 is 0 Å². The molecule has 5 heteroatoms. The van der Waals surface area contributed by atoms with Gasteiger partial charge in [-0.25, -0.2) is 4.39 Å². The first kappa shape index (κ1) is 14.0. The van der Waals surface area contributed by atoms with Gasteiger partial charge in [-0.3, -0.25) is 15.1 Å². The van der Waals surface area contributed by atoms with Crippen molar-refractivity contribution in [2.24, 2.45) is 0 Å². The van der Waals surface area contributed by atoms with E-state index in [0.717, 1.165) is 22.4 Å². The van der Waals surface area contributed by atoms with Gasteiger partial charge in [-0.2, -0.15) is 0 Å². The third-order valence-electron chi connectivity index (χ3n) is 3.53. The Morgan fingerprint density at radius 2 is 1.91 bits per heavy atom. The summed E-state index contributed by atoms with van der Waals surface area (Å²) in [5, 5.41) is 7.63. The number of nitrogens with two attached hydrogens (primary N) is 1. The van der Waals surface area contributed by atoms with E-state index in [9.17, 15) is 4.39 Å². The first-order valence-corrected chi connectivity index (χ1v) is 6.80. The molecule has 3 N–H and O–H groups in total. The predicted molar refractivity (Wildman–Crippen MR) is 83.8 cm³/mol. The molecular weight excluding hydrogens is 279 g/mol. The molecule has 0 saturated heterocycles. The lowest BCUT2D eigenvalue weighted by molar-refractivity contribution is 0.619. The van der Waals surface area contributed by atoms with Crippen molar-refractivity contribution in [2.45, 2.75) is 6.92 Å². The second-order valence-corrected chi connectivity index (χ2v) is 5.07. The van der Waals surface area contributed by atoms with E-state index in [1.165, 1.54) is 10.7 Å². The molecule has 2 heterocycles. The molecule has 0 bridgehead atoms. The summed E-state index contributed by atoms with van der Waals surface area (Å²) < 4.78 is 14.7. The van der Waals surface area contributed by atoms with Crippen molar-refractivity contribution in [3.05, 3.63) is 71.7 Å². The molecule has 0 fully saturated rings. The molecule has 110 valence electrons. The van der Waals surface area contributed by atoms with Crippen LogP contribution in [0.4, 0.5) is 4.39 Å². The maximum absolute atomic E-state index is 13.5. The van der Waals surface area contributed by atoms with Gasteiger partial charge >= 0.3 is 0 Å². The Bertz CT molecular complexity index is 899. The summed E-state index contributed by atoms with van der Waals surface area (Å²) in [6.07, 6.45) is 3.38. The van der Waals surface area contributed by atoms with Crippen molar-refractivity contribution < 1.29 is 4.39 Å². The van der Waals surface area contributed by atoms with E-state index in [1.54, 1.807) is 37.5 Å². The van der Waals surface area contributed by atoms with Gasteiger partial charge in [-0.1, -0.05) is 6.07 Å². The highest BCUT2D eigenvalue weighted by atomic mass is 19.1. The Labute approximate surface area is 127 Å². The Balaban J connectivity index is 2.19. The Morgan fingerprint density at radius 1 is 1.14 bits per heavy atom. The molecule has 4 nitrogen and oxygen atoms in total. The molecular formula is C17H15FN4. The van der Waals surface area contributed by atoms with Crippen LogP contribution in [0.15, 0.2) is 54.9 Å². The first-order chi connectivity index (χ1) is 10.6. The predicted octanol–water partition coefficient (Wildman–Crippen LogP) is 2.86. The number of hydrogen-bond acceptors (Lipinski definition) is 3. The maximum Gasteiger partial charge on any atom is 0.143 e. The van der Waals surface area contributed by atoms with E-state index in [-0.39, 0.29) is 11.3 Å². The van der Waals surface area contributed by atoms with Crippen molar-refractivity contribution in [3.8, 4) is 22.4 Å². The number of aryl methyl sites for hydroxylation is 1. The minimum absolute atomic E-state index is 0.215. The molecule has 1 aromatic carbocycles. The average molecular weight is 294 g/mol. The normalized spacial score (nSPS) is 10.6. The zero-order chi connectivity index (χ0) is 15.7. The van der Waals surface area contributed by atoms with Crippen LogP contribution in [-0.4, -0.2) is 9.66 Å². The summed E-state index contributed by atoms with van der Waals surface area (Å²) in [5.41, 5.74) is 4.11. The van der Waals surface area contributed by atoms with E-state index >= 15 is 0 Å². The maximum atomic E-state index is 13.5. The van der Waals surface area contributed by atoms with Crippen LogP contribution in [0.5, 0.6) is 0 Å². The third kappa shape index (κ3) is 2.48. The van der Waals surface area contributed by atoms with E-state index in [4.69, 9.17) is 11.3 Å². The lowest BCUT2D eigenvalue weighted by atomic mass is 9.99. The van der Waals surface area contributed by atoms with Crippen LogP contribution in [0.25, 0.3) is 22.4 Å². The standard InChI is InChI=1S/C17H15FN4/c1-11-9-12(4-6-15(11)18)17-14(3-2-8-21-17)13-5-7-16(19)22(20)10-13/h2-10,19H,20H2,1H3. The van der Waals surface area contributed by atoms with Crippen LogP contribution in [0.3, 0.4) is 0 Å². The summed E-state index contributed by atoms with van der Waals surface area (Å²) in [6.45, 7) is 1.73. The summed E-state index contributed by atoms with van der Waals surface area (Å²) in [5.74, 6) is 5.51. The SMILES string of the molecule is Cc1cc(-c2ncccc2-c2ccc(=N)n(N)c2)ccc1F. The zero-order valence-corrected chi connectivity index (χ0v) is 12.0.